The van der Waals surface area contributed by atoms with Gasteiger partial charge in [-0.05, 0) is 30.7 Å². The lowest BCUT2D eigenvalue weighted by Crippen LogP contribution is -2.39. The van der Waals surface area contributed by atoms with Crippen LogP contribution in [0, 0.1) is 0 Å². The summed E-state index contributed by atoms with van der Waals surface area (Å²) in [6, 6.07) is 8.23. The van der Waals surface area contributed by atoms with Crippen LogP contribution in [0.4, 0.5) is 0 Å². The largest absolute Gasteiger partial charge is 0.387 e. The number of benzene rings is 1. The molecule has 0 spiro atoms. The van der Waals surface area contributed by atoms with Crippen molar-refractivity contribution >= 4 is 15.7 Å². The summed E-state index contributed by atoms with van der Waals surface area (Å²) in [6.45, 7) is 3.28. The van der Waals surface area contributed by atoms with E-state index in [4.69, 9.17) is 0 Å². The molecule has 1 aliphatic rings. The fourth-order valence-corrected chi connectivity index (χ4v) is 3.48. The molecule has 1 N–H and O–H groups in total. The summed E-state index contributed by atoms with van der Waals surface area (Å²) in [5.74, 6) is -0.0156. The average Bonchev–Trinajstić information content (AvgIpc) is 2.98. The fourth-order valence-electron chi connectivity index (χ4n) is 2.85. The van der Waals surface area contributed by atoms with Crippen molar-refractivity contribution in [3.63, 3.8) is 0 Å². The lowest BCUT2D eigenvalue weighted by molar-refractivity contribution is -0.132. The molecule has 0 fully saturated rings. The Labute approximate surface area is 146 Å². The minimum Gasteiger partial charge on any atom is -0.387 e. The highest BCUT2D eigenvalue weighted by atomic mass is 32.2. The van der Waals surface area contributed by atoms with E-state index in [1.165, 1.54) is 12.1 Å². The van der Waals surface area contributed by atoms with Crippen LogP contribution in [0.3, 0.4) is 0 Å². The van der Waals surface area contributed by atoms with Gasteiger partial charge in [-0.3, -0.25) is 9.48 Å². The number of hydrogen-bond acceptors (Lipinski definition) is 5. The molecule has 134 valence electrons. The molecule has 1 atom stereocenters. The molecule has 0 saturated carbocycles. The van der Waals surface area contributed by atoms with Crippen LogP contribution in [0.15, 0.2) is 35.2 Å². The van der Waals surface area contributed by atoms with Crippen LogP contribution < -0.4 is 0 Å². The molecule has 3 rings (SSSR count). The fraction of sp³-hybridized carbons (Fsp3) is 0.412. The lowest BCUT2D eigenvalue weighted by Gasteiger charge is -2.27. The molecular weight excluding hydrogens is 342 g/mol. The van der Waals surface area contributed by atoms with Crippen molar-refractivity contribution in [3.8, 4) is 0 Å². The zero-order valence-electron chi connectivity index (χ0n) is 14.2. The van der Waals surface area contributed by atoms with Gasteiger partial charge in [0.15, 0.2) is 9.84 Å². The molecule has 0 bridgehead atoms. The van der Waals surface area contributed by atoms with Gasteiger partial charge >= 0.3 is 0 Å². The van der Waals surface area contributed by atoms with Gasteiger partial charge in [-0.2, -0.15) is 5.10 Å². The summed E-state index contributed by atoms with van der Waals surface area (Å²) in [4.78, 5) is 14.5. The zero-order valence-corrected chi connectivity index (χ0v) is 15.0. The van der Waals surface area contributed by atoms with E-state index in [1.807, 2.05) is 10.7 Å². The number of aromatic nitrogens is 2. The molecule has 2 heterocycles. The topological polar surface area (TPSA) is 92.5 Å². The van der Waals surface area contributed by atoms with Gasteiger partial charge < -0.3 is 10.0 Å². The Kier molecular flexibility index (Phi) is 4.66. The average molecular weight is 363 g/mol. The van der Waals surface area contributed by atoms with E-state index >= 15 is 0 Å². The number of rotatable bonds is 4. The third-order valence-corrected chi connectivity index (χ3v) is 5.43. The van der Waals surface area contributed by atoms with Crippen molar-refractivity contribution in [2.45, 2.75) is 37.4 Å². The van der Waals surface area contributed by atoms with Crippen LogP contribution in [0.2, 0.25) is 0 Å². The predicted octanol–water partition coefficient (Wildman–Crippen LogP) is 0.925. The zero-order chi connectivity index (χ0) is 18.2. The second-order valence-corrected chi connectivity index (χ2v) is 8.38. The summed E-state index contributed by atoms with van der Waals surface area (Å²) >= 11 is 0. The molecular formula is C17H21N3O4S. The Morgan fingerprint density at radius 1 is 1.28 bits per heavy atom. The SMILES string of the molecule is C[C@H](O)c1cc2n(n1)CCN(C(=O)Cc1ccc(S(C)(=O)=O)cc1)C2. The van der Waals surface area contributed by atoms with Crippen molar-refractivity contribution in [1.29, 1.82) is 0 Å². The van der Waals surface area contributed by atoms with Crippen molar-refractivity contribution < 1.29 is 18.3 Å². The number of aliphatic hydroxyl groups excluding tert-OH is 1. The van der Waals surface area contributed by atoms with E-state index in [1.54, 1.807) is 24.0 Å². The van der Waals surface area contributed by atoms with E-state index in [0.717, 1.165) is 17.5 Å². The molecule has 1 aromatic heterocycles. The molecule has 0 saturated heterocycles. The standard InChI is InChI=1S/C17H21N3O4S/c1-12(21)16-10-14-11-19(7-8-20(14)18-16)17(22)9-13-3-5-15(6-4-13)25(2,23)24/h3-6,10,12,21H,7-9,11H2,1-2H3/t12-/m0/s1. The maximum atomic E-state index is 12.5. The molecule has 1 amide bonds. The Morgan fingerprint density at radius 3 is 2.56 bits per heavy atom. The van der Waals surface area contributed by atoms with Gasteiger partial charge in [0.1, 0.15) is 0 Å². The number of fused-ring (bicyclic) bond motifs is 1. The number of sulfone groups is 1. The molecule has 25 heavy (non-hydrogen) atoms. The third kappa shape index (κ3) is 3.91. The van der Waals surface area contributed by atoms with Crippen LogP contribution >= 0.6 is 0 Å². The normalized spacial score (nSPS) is 15.7. The van der Waals surface area contributed by atoms with Crippen molar-refractivity contribution in [2.24, 2.45) is 0 Å². The summed E-state index contributed by atoms with van der Waals surface area (Å²) in [6.07, 6.45) is 0.753. The Bertz CT molecular complexity index is 885. The molecule has 7 nitrogen and oxygen atoms in total. The molecule has 0 aliphatic carbocycles. The Hall–Kier alpha value is -2.19. The summed E-state index contributed by atoms with van der Waals surface area (Å²) in [5.41, 5.74) is 2.30. The number of carbonyl (C=O) groups is 1. The number of hydrogen-bond donors (Lipinski definition) is 1. The molecule has 0 radical (unpaired) electrons. The second kappa shape index (κ2) is 6.61. The van der Waals surface area contributed by atoms with Gasteiger partial charge in [0.05, 0.1) is 41.9 Å². The highest BCUT2D eigenvalue weighted by Crippen LogP contribution is 2.19. The van der Waals surface area contributed by atoms with Gasteiger partial charge in [0.2, 0.25) is 5.91 Å². The van der Waals surface area contributed by atoms with E-state index in [9.17, 15) is 18.3 Å². The maximum Gasteiger partial charge on any atom is 0.227 e. The van der Waals surface area contributed by atoms with Crippen molar-refractivity contribution in [2.75, 3.05) is 12.8 Å². The first-order valence-electron chi connectivity index (χ1n) is 8.05. The Morgan fingerprint density at radius 2 is 1.96 bits per heavy atom. The van der Waals surface area contributed by atoms with Gasteiger partial charge in [-0.15, -0.1) is 0 Å². The lowest BCUT2D eigenvalue weighted by atomic mass is 10.1. The number of carbonyl (C=O) groups excluding carboxylic acids is 1. The molecule has 0 unspecified atom stereocenters. The van der Waals surface area contributed by atoms with Crippen LogP contribution in [-0.4, -0.2) is 46.9 Å². The van der Waals surface area contributed by atoms with Crippen LogP contribution in [0.5, 0.6) is 0 Å². The van der Waals surface area contributed by atoms with Gasteiger partial charge in [-0.25, -0.2) is 8.42 Å². The first kappa shape index (κ1) is 17.6. The first-order valence-corrected chi connectivity index (χ1v) is 9.94. The molecule has 1 aliphatic heterocycles. The van der Waals surface area contributed by atoms with Crippen molar-refractivity contribution in [1.82, 2.24) is 14.7 Å². The van der Waals surface area contributed by atoms with E-state index in [2.05, 4.69) is 5.10 Å². The van der Waals surface area contributed by atoms with Gasteiger partial charge in [-0.1, -0.05) is 12.1 Å². The first-order chi connectivity index (χ1) is 11.7. The molecule has 2 aromatic rings. The minimum atomic E-state index is -3.23. The predicted molar refractivity (Wildman–Crippen MR) is 91.5 cm³/mol. The minimum absolute atomic E-state index is 0.0156. The summed E-state index contributed by atoms with van der Waals surface area (Å²) in [5, 5.41) is 14.0. The van der Waals surface area contributed by atoms with Crippen LogP contribution in [-0.2, 0) is 34.1 Å². The van der Waals surface area contributed by atoms with Gasteiger partial charge in [0, 0.05) is 12.8 Å². The highest BCUT2D eigenvalue weighted by Gasteiger charge is 2.23. The van der Waals surface area contributed by atoms with E-state index in [0.29, 0.717) is 25.3 Å². The van der Waals surface area contributed by atoms with E-state index in [-0.39, 0.29) is 17.2 Å². The quantitative estimate of drug-likeness (QED) is 0.872. The maximum absolute atomic E-state index is 12.5. The van der Waals surface area contributed by atoms with Gasteiger partial charge in [0.25, 0.3) is 0 Å². The monoisotopic (exact) mass is 363 g/mol. The smallest absolute Gasteiger partial charge is 0.227 e. The van der Waals surface area contributed by atoms with Crippen LogP contribution in [0.1, 0.15) is 30.0 Å². The second-order valence-electron chi connectivity index (χ2n) is 6.37. The molecule has 8 heteroatoms. The van der Waals surface area contributed by atoms with Crippen LogP contribution in [0.25, 0.3) is 0 Å². The summed E-state index contributed by atoms with van der Waals surface area (Å²) < 4.78 is 24.8. The third-order valence-electron chi connectivity index (χ3n) is 4.30. The number of amides is 1. The number of aliphatic hydroxyl groups is 1. The molecule has 1 aromatic carbocycles. The summed E-state index contributed by atoms with van der Waals surface area (Å²) in [7, 11) is -3.23. The Balaban J connectivity index is 1.67. The highest BCUT2D eigenvalue weighted by molar-refractivity contribution is 7.90. The van der Waals surface area contributed by atoms with Crippen molar-refractivity contribution in [3.05, 3.63) is 47.3 Å². The number of nitrogens with zero attached hydrogens (tertiary/aromatic N) is 3. The van der Waals surface area contributed by atoms with E-state index < -0.39 is 15.9 Å².